The van der Waals surface area contributed by atoms with Crippen molar-refractivity contribution in [2.45, 2.75) is 20.0 Å². The molecule has 5 nitrogen and oxygen atoms in total. The first-order valence-electron chi connectivity index (χ1n) is 7.83. The minimum Gasteiger partial charge on any atom is -0.358 e. The molecule has 128 valence electrons. The van der Waals surface area contributed by atoms with Crippen LogP contribution < -0.4 is 10.6 Å². The maximum absolute atomic E-state index is 6.17. The van der Waals surface area contributed by atoms with Gasteiger partial charge in [0, 0.05) is 11.6 Å². The van der Waals surface area contributed by atoms with E-state index in [4.69, 9.17) is 23.8 Å². The zero-order valence-electron chi connectivity index (χ0n) is 13.7. The first-order valence-corrected chi connectivity index (χ1v) is 8.62. The van der Waals surface area contributed by atoms with Gasteiger partial charge < -0.3 is 5.32 Å². The Morgan fingerprint density at radius 3 is 2.68 bits per heavy atom. The molecule has 0 radical (unpaired) electrons. The molecule has 3 rings (SSSR count). The summed E-state index contributed by atoms with van der Waals surface area (Å²) < 4.78 is 1.71. The quantitative estimate of drug-likeness (QED) is 0.668. The normalized spacial score (nSPS) is 10.5. The first kappa shape index (κ1) is 17.4. The summed E-state index contributed by atoms with van der Waals surface area (Å²) in [5.41, 5.74) is 3.38. The van der Waals surface area contributed by atoms with E-state index < -0.39 is 0 Å². The van der Waals surface area contributed by atoms with Gasteiger partial charge in [0.1, 0.15) is 6.33 Å². The van der Waals surface area contributed by atoms with Crippen molar-refractivity contribution in [1.29, 1.82) is 0 Å². The van der Waals surface area contributed by atoms with Crippen LogP contribution in [0.5, 0.6) is 0 Å². The van der Waals surface area contributed by atoms with Gasteiger partial charge >= 0.3 is 0 Å². The second-order valence-corrected chi connectivity index (χ2v) is 6.47. The van der Waals surface area contributed by atoms with Crippen LogP contribution in [0.15, 0.2) is 54.9 Å². The number of thiocarbonyl (C=S) groups is 1. The average Bonchev–Trinajstić information content (AvgIpc) is 3.03. The summed E-state index contributed by atoms with van der Waals surface area (Å²) in [6.07, 6.45) is 1.65. The summed E-state index contributed by atoms with van der Waals surface area (Å²) in [5.74, 6) is 0.452. The third-order valence-corrected chi connectivity index (χ3v) is 4.24. The zero-order valence-corrected chi connectivity index (χ0v) is 15.3. The van der Waals surface area contributed by atoms with E-state index in [2.05, 4.69) is 51.9 Å². The smallest absolute Gasteiger partial charge is 0.248 e. The van der Waals surface area contributed by atoms with E-state index in [1.165, 1.54) is 5.56 Å². The molecule has 1 aromatic heterocycles. The molecule has 0 aliphatic heterocycles. The van der Waals surface area contributed by atoms with Crippen LogP contribution in [0.25, 0.3) is 0 Å². The third-order valence-electron chi connectivity index (χ3n) is 3.63. The van der Waals surface area contributed by atoms with E-state index >= 15 is 0 Å². The lowest BCUT2D eigenvalue weighted by molar-refractivity contribution is 0.687. The van der Waals surface area contributed by atoms with E-state index in [1.54, 1.807) is 11.0 Å². The predicted octanol–water partition coefficient (Wildman–Crippen LogP) is 3.77. The van der Waals surface area contributed by atoms with Gasteiger partial charge in [0.25, 0.3) is 0 Å². The van der Waals surface area contributed by atoms with Crippen molar-refractivity contribution in [3.63, 3.8) is 0 Å². The first-order chi connectivity index (χ1) is 12.1. The number of aromatic nitrogens is 3. The Labute approximate surface area is 157 Å². The van der Waals surface area contributed by atoms with Crippen LogP contribution >= 0.6 is 23.8 Å². The fraction of sp³-hybridized carbons (Fsp3) is 0.167. The van der Waals surface area contributed by atoms with Crippen LogP contribution in [-0.4, -0.2) is 19.9 Å². The van der Waals surface area contributed by atoms with Gasteiger partial charge in [-0.05, 0) is 36.3 Å². The minimum atomic E-state index is 0.452. The van der Waals surface area contributed by atoms with E-state index in [0.29, 0.717) is 29.2 Å². The SMILES string of the molecule is Cc1ccc(CNC(=S)Nc2ncn(Cc3ccccc3Cl)n2)cc1. The summed E-state index contributed by atoms with van der Waals surface area (Å²) in [6, 6.07) is 16.0. The molecular formula is C18H18ClN5S. The molecule has 0 amide bonds. The van der Waals surface area contributed by atoms with Crippen LogP contribution in [0.3, 0.4) is 0 Å². The second-order valence-electron chi connectivity index (χ2n) is 5.65. The summed E-state index contributed by atoms with van der Waals surface area (Å²) in [7, 11) is 0. The van der Waals surface area contributed by atoms with E-state index in [1.807, 2.05) is 24.3 Å². The van der Waals surface area contributed by atoms with Crippen LogP contribution in [0.1, 0.15) is 16.7 Å². The molecule has 0 saturated carbocycles. The van der Waals surface area contributed by atoms with Gasteiger partial charge in [0.05, 0.1) is 6.54 Å². The Hall–Kier alpha value is -2.44. The third kappa shape index (κ3) is 5.01. The van der Waals surface area contributed by atoms with Gasteiger partial charge in [-0.2, -0.15) is 0 Å². The van der Waals surface area contributed by atoms with Crippen LogP contribution in [0.4, 0.5) is 5.95 Å². The predicted molar refractivity (Wildman–Crippen MR) is 105 cm³/mol. The van der Waals surface area contributed by atoms with E-state index in [9.17, 15) is 0 Å². The van der Waals surface area contributed by atoms with Gasteiger partial charge in [-0.15, -0.1) is 5.10 Å². The fourth-order valence-corrected chi connectivity index (χ4v) is 2.62. The van der Waals surface area contributed by atoms with Gasteiger partial charge in [0.2, 0.25) is 5.95 Å². The number of hydrogen-bond donors (Lipinski definition) is 2. The molecule has 0 fully saturated rings. The van der Waals surface area contributed by atoms with Gasteiger partial charge in [0.15, 0.2) is 5.11 Å². The molecule has 3 aromatic rings. The number of rotatable bonds is 5. The summed E-state index contributed by atoms with van der Waals surface area (Å²) in [5, 5.41) is 11.7. The topological polar surface area (TPSA) is 54.8 Å². The van der Waals surface area contributed by atoms with Crippen molar-refractivity contribution in [1.82, 2.24) is 20.1 Å². The molecule has 25 heavy (non-hydrogen) atoms. The van der Waals surface area contributed by atoms with Crippen molar-refractivity contribution < 1.29 is 0 Å². The largest absolute Gasteiger partial charge is 0.358 e. The summed E-state index contributed by atoms with van der Waals surface area (Å²) in [4.78, 5) is 4.22. The number of anilines is 1. The summed E-state index contributed by atoms with van der Waals surface area (Å²) >= 11 is 11.5. The zero-order chi connectivity index (χ0) is 17.6. The Morgan fingerprint density at radius 1 is 1.16 bits per heavy atom. The lowest BCUT2D eigenvalue weighted by Crippen LogP contribution is -2.28. The average molecular weight is 372 g/mol. The highest BCUT2D eigenvalue weighted by Gasteiger charge is 2.05. The van der Waals surface area contributed by atoms with E-state index in [0.717, 1.165) is 11.1 Å². The lowest BCUT2D eigenvalue weighted by Gasteiger charge is -2.08. The minimum absolute atomic E-state index is 0.452. The standard InChI is InChI=1S/C18H18ClN5S/c1-13-6-8-14(9-7-13)10-20-18(25)22-17-21-12-24(23-17)11-15-4-2-3-5-16(15)19/h2-9,12H,10-11H2,1H3,(H2,20,22,23,25). The molecule has 0 aliphatic rings. The molecule has 0 bridgehead atoms. The molecule has 0 aliphatic carbocycles. The number of aryl methyl sites for hydroxylation is 1. The Balaban J connectivity index is 1.53. The highest BCUT2D eigenvalue weighted by molar-refractivity contribution is 7.80. The molecular weight excluding hydrogens is 354 g/mol. The van der Waals surface area contributed by atoms with Crippen LogP contribution in [-0.2, 0) is 13.1 Å². The molecule has 2 aromatic carbocycles. The maximum atomic E-state index is 6.17. The number of hydrogen-bond acceptors (Lipinski definition) is 3. The number of nitrogens with zero attached hydrogens (tertiary/aromatic N) is 3. The fourth-order valence-electron chi connectivity index (χ4n) is 2.26. The Kier molecular flexibility index (Phi) is 5.63. The lowest BCUT2D eigenvalue weighted by atomic mass is 10.1. The molecule has 0 spiro atoms. The van der Waals surface area contributed by atoms with E-state index in [-0.39, 0.29) is 0 Å². The van der Waals surface area contributed by atoms with Gasteiger partial charge in [-0.3, -0.25) is 5.32 Å². The second kappa shape index (κ2) is 8.09. The van der Waals surface area contributed by atoms with Crippen LogP contribution in [0.2, 0.25) is 5.02 Å². The number of benzene rings is 2. The number of nitrogens with one attached hydrogen (secondary N) is 2. The highest BCUT2D eigenvalue weighted by Crippen LogP contribution is 2.15. The van der Waals surface area contributed by atoms with Crippen molar-refractivity contribution in [2.24, 2.45) is 0 Å². The summed E-state index contributed by atoms with van der Waals surface area (Å²) in [6.45, 7) is 3.26. The Morgan fingerprint density at radius 2 is 1.92 bits per heavy atom. The maximum Gasteiger partial charge on any atom is 0.248 e. The monoisotopic (exact) mass is 371 g/mol. The molecule has 7 heteroatoms. The molecule has 0 atom stereocenters. The highest BCUT2D eigenvalue weighted by atomic mass is 35.5. The van der Waals surface area contributed by atoms with Crippen molar-refractivity contribution in [3.05, 3.63) is 76.6 Å². The Bertz CT molecular complexity index is 860. The molecule has 2 N–H and O–H groups in total. The molecule has 1 heterocycles. The van der Waals surface area contributed by atoms with Gasteiger partial charge in [-0.25, -0.2) is 9.67 Å². The van der Waals surface area contributed by atoms with Crippen molar-refractivity contribution in [2.75, 3.05) is 5.32 Å². The number of halogens is 1. The molecule has 0 saturated heterocycles. The van der Waals surface area contributed by atoms with Gasteiger partial charge in [-0.1, -0.05) is 59.6 Å². The van der Waals surface area contributed by atoms with Crippen LogP contribution in [0, 0.1) is 6.92 Å². The van der Waals surface area contributed by atoms with Crippen molar-refractivity contribution >= 4 is 34.9 Å². The van der Waals surface area contributed by atoms with Crippen molar-refractivity contribution in [3.8, 4) is 0 Å². The molecule has 0 unspecified atom stereocenters.